The highest BCUT2D eigenvalue weighted by Crippen LogP contribution is 2.21. The van der Waals surface area contributed by atoms with Gasteiger partial charge in [0.2, 0.25) is 0 Å². The van der Waals surface area contributed by atoms with E-state index in [1.165, 1.54) is 0 Å². The SMILES string of the molecule is Cc1cccc(NCc2cccc(CN(CCO)CC(C)C)c2F)c1CN. The van der Waals surface area contributed by atoms with Gasteiger partial charge in [0.15, 0.2) is 0 Å². The molecule has 2 aromatic rings. The van der Waals surface area contributed by atoms with E-state index in [4.69, 9.17) is 5.73 Å². The molecule has 2 aromatic carbocycles. The van der Waals surface area contributed by atoms with Crippen LogP contribution in [0.2, 0.25) is 0 Å². The summed E-state index contributed by atoms with van der Waals surface area (Å²) in [6.45, 7) is 9.06. The third kappa shape index (κ3) is 6.03. The second-order valence-electron chi connectivity index (χ2n) is 7.40. The van der Waals surface area contributed by atoms with Crippen molar-refractivity contribution < 1.29 is 9.50 Å². The summed E-state index contributed by atoms with van der Waals surface area (Å²) in [6, 6.07) is 11.5. The first-order valence-corrected chi connectivity index (χ1v) is 9.58. The molecule has 0 aliphatic rings. The van der Waals surface area contributed by atoms with Crippen LogP contribution >= 0.6 is 0 Å². The van der Waals surface area contributed by atoms with E-state index in [2.05, 4.69) is 24.1 Å². The Balaban J connectivity index is 2.13. The van der Waals surface area contributed by atoms with Gasteiger partial charge in [0.1, 0.15) is 5.82 Å². The molecule has 0 spiro atoms. The van der Waals surface area contributed by atoms with Gasteiger partial charge in [-0.2, -0.15) is 0 Å². The summed E-state index contributed by atoms with van der Waals surface area (Å²) >= 11 is 0. The Bertz CT molecular complexity index is 733. The van der Waals surface area contributed by atoms with Crippen LogP contribution in [0, 0.1) is 18.7 Å². The standard InChI is InChI=1S/C22H32FN3O/c1-16(2)14-26(10-11-27)15-19-8-5-7-18(22(19)23)13-25-21-9-4-6-17(3)20(21)12-24/h4-9,16,25,27H,10-15,24H2,1-3H3. The number of aliphatic hydroxyl groups is 1. The predicted molar refractivity (Wildman–Crippen MR) is 110 cm³/mol. The van der Waals surface area contributed by atoms with Gasteiger partial charge in [0.25, 0.3) is 0 Å². The quantitative estimate of drug-likeness (QED) is 0.595. The zero-order chi connectivity index (χ0) is 19.8. The molecule has 148 valence electrons. The van der Waals surface area contributed by atoms with E-state index in [0.717, 1.165) is 23.4 Å². The van der Waals surface area contributed by atoms with Crippen molar-refractivity contribution >= 4 is 5.69 Å². The molecule has 0 aliphatic carbocycles. The van der Waals surface area contributed by atoms with Gasteiger partial charge in [-0.25, -0.2) is 4.39 Å². The second-order valence-corrected chi connectivity index (χ2v) is 7.40. The summed E-state index contributed by atoms with van der Waals surface area (Å²) in [5.74, 6) is 0.277. The third-order valence-corrected chi connectivity index (χ3v) is 4.68. The zero-order valence-corrected chi connectivity index (χ0v) is 16.6. The summed E-state index contributed by atoms with van der Waals surface area (Å²) in [4.78, 5) is 2.09. The summed E-state index contributed by atoms with van der Waals surface area (Å²) < 4.78 is 15.0. The van der Waals surface area contributed by atoms with Crippen LogP contribution in [0.15, 0.2) is 36.4 Å². The number of nitrogens with zero attached hydrogens (tertiary/aromatic N) is 1. The highest BCUT2D eigenvalue weighted by molar-refractivity contribution is 5.54. The number of hydrogen-bond acceptors (Lipinski definition) is 4. The van der Waals surface area contributed by atoms with Crippen molar-refractivity contribution in [2.45, 2.75) is 40.4 Å². The Morgan fingerprint density at radius 3 is 2.52 bits per heavy atom. The zero-order valence-electron chi connectivity index (χ0n) is 16.6. The Hall–Kier alpha value is -1.95. The predicted octanol–water partition coefficient (Wildman–Crippen LogP) is 3.66. The fourth-order valence-electron chi connectivity index (χ4n) is 3.35. The number of aryl methyl sites for hydroxylation is 1. The Morgan fingerprint density at radius 2 is 1.85 bits per heavy atom. The fourth-order valence-corrected chi connectivity index (χ4v) is 3.35. The lowest BCUT2D eigenvalue weighted by atomic mass is 10.1. The van der Waals surface area contributed by atoms with Crippen molar-refractivity contribution in [2.24, 2.45) is 11.7 Å². The van der Waals surface area contributed by atoms with Gasteiger partial charge in [0, 0.05) is 49.5 Å². The number of halogens is 1. The molecule has 2 rings (SSSR count). The number of aliphatic hydroxyl groups excluding tert-OH is 1. The van der Waals surface area contributed by atoms with E-state index >= 15 is 4.39 Å². The molecule has 0 heterocycles. The lowest BCUT2D eigenvalue weighted by Gasteiger charge is -2.24. The van der Waals surface area contributed by atoms with Crippen LogP contribution in [0.25, 0.3) is 0 Å². The first-order chi connectivity index (χ1) is 13.0. The van der Waals surface area contributed by atoms with E-state index in [1.54, 1.807) is 0 Å². The van der Waals surface area contributed by atoms with Crippen LogP contribution in [0.3, 0.4) is 0 Å². The highest BCUT2D eigenvalue weighted by Gasteiger charge is 2.14. The number of benzene rings is 2. The van der Waals surface area contributed by atoms with Gasteiger partial charge in [0.05, 0.1) is 6.61 Å². The van der Waals surface area contributed by atoms with Crippen LogP contribution < -0.4 is 11.1 Å². The van der Waals surface area contributed by atoms with Crippen molar-refractivity contribution in [3.8, 4) is 0 Å². The van der Waals surface area contributed by atoms with Gasteiger partial charge in [-0.3, -0.25) is 4.90 Å². The van der Waals surface area contributed by atoms with Crippen LogP contribution in [-0.4, -0.2) is 29.7 Å². The molecule has 4 N–H and O–H groups in total. The van der Waals surface area contributed by atoms with Crippen molar-refractivity contribution in [2.75, 3.05) is 25.0 Å². The normalized spacial score (nSPS) is 11.4. The largest absolute Gasteiger partial charge is 0.395 e. The Morgan fingerprint density at radius 1 is 1.15 bits per heavy atom. The number of nitrogens with one attached hydrogen (secondary N) is 1. The second kappa shape index (κ2) is 10.4. The lowest BCUT2D eigenvalue weighted by Crippen LogP contribution is -2.30. The van der Waals surface area contributed by atoms with Gasteiger partial charge >= 0.3 is 0 Å². The molecule has 0 radical (unpaired) electrons. The molecule has 27 heavy (non-hydrogen) atoms. The van der Waals surface area contributed by atoms with Crippen molar-refractivity contribution in [3.63, 3.8) is 0 Å². The molecule has 4 nitrogen and oxygen atoms in total. The molecule has 0 atom stereocenters. The first-order valence-electron chi connectivity index (χ1n) is 9.58. The summed E-state index contributed by atoms with van der Waals surface area (Å²) in [7, 11) is 0. The fraction of sp³-hybridized carbons (Fsp3) is 0.455. The summed E-state index contributed by atoms with van der Waals surface area (Å²) in [5, 5.41) is 12.6. The third-order valence-electron chi connectivity index (χ3n) is 4.68. The highest BCUT2D eigenvalue weighted by atomic mass is 19.1. The van der Waals surface area contributed by atoms with E-state index in [9.17, 15) is 5.11 Å². The minimum atomic E-state index is -0.182. The molecule has 0 amide bonds. The monoisotopic (exact) mass is 373 g/mol. The molecular formula is C22H32FN3O. The molecule has 0 saturated carbocycles. The van der Waals surface area contributed by atoms with Crippen molar-refractivity contribution in [1.82, 2.24) is 4.90 Å². The number of rotatable bonds is 10. The molecule has 0 unspecified atom stereocenters. The van der Waals surface area contributed by atoms with Crippen LogP contribution in [-0.2, 0) is 19.6 Å². The maximum absolute atomic E-state index is 15.0. The van der Waals surface area contributed by atoms with Gasteiger partial charge in [-0.05, 0) is 30.0 Å². The summed E-state index contributed by atoms with van der Waals surface area (Å²) in [5.41, 5.74) is 10.3. The topological polar surface area (TPSA) is 61.5 Å². The molecule has 0 saturated heterocycles. The molecule has 5 heteroatoms. The van der Waals surface area contributed by atoms with Crippen molar-refractivity contribution in [1.29, 1.82) is 0 Å². The van der Waals surface area contributed by atoms with Crippen molar-refractivity contribution in [3.05, 3.63) is 64.5 Å². The average molecular weight is 374 g/mol. The van der Waals surface area contributed by atoms with E-state index in [1.807, 2.05) is 43.3 Å². The van der Waals surface area contributed by atoms with E-state index in [-0.39, 0.29) is 12.4 Å². The van der Waals surface area contributed by atoms with Gasteiger partial charge < -0.3 is 16.2 Å². The molecular weight excluding hydrogens is 341 g/mol. The van der Waals surface area contributed by atoms with Gasteiger partial charge in [-0.1, -0.05) is 44.2 Å². The molecule has 0 bridgehead atoms. The average Bonchev–Trinajstić information content (AvgIpc) is 2.62. The summed E-state index contributed by atoms with van der Waals surface area (Å²) in [6.07, 6.45) is 0. The Labute approximate surface area is 162 Å². The van der Waals surface area contributed by atoms with Crippen LogP contribution in [0.4, 0.5) is 10.1 Å². The smallest absolute Gasteiger partial charge is 0.132 e. The number of hydrogen-bond donors (Lipinski definition) is 3. The number of nitrogens with two attached hydrogens (primary N) is 1. The van der Waals surface area contributed by atoms with E-state index < -0.39 is 0 Å². The molecule has 0 fully saturated rings. The van der Waals surface area contributed by atoms with E-state index in [0.29, 0.717) is 43.2 Å². The maximum Gasteiger partial charge on any atom is 0.132 e. The molecule has 0 aliphatic heterocycles. The minimum absolute atomic E-state index is 0.0742. The molecule has 0 aromatic heterocycles. The maximum atomic E-state index is 15.0. The Kier molecular flexibility index (Phi) is 8.23. The van der Waals surface area contributed by atoms with Crippen LogP contribution in [0.5, 0.6) is 0 Å². The lowest BCUT2D eigenvalue weighted by molar-refractivity contribution is 0.174. The first kappa shape index (κ1) is 21.4. The van der Waals surface area contributed by atoms with Crippen LogP contribution in [0.1, 0.15) is 36.1 Å². The number of anilines is 1. The van der Waals surface area contributed by atoms with Gasteiger partial charge in [-0.15, -0.1) is 0 Å². The minimum Gasteiger partial charge on any atom is -0.395 e.